The number of nitrogens with zero attached hydrogens (tertiary/aromatic N) is 3. The third-order valence-electron chi connectivity index (χ3n) is 3.62. The number of rotatable bonds is 2. The number of anilines is 1. The van der Waals surface area contributed by atoms with E-state index in [2.05, 4.69) is 49.0 Å². The number of aromatic nitrogens is 2. The van der Waals surface area contributed by atoms with Gasteiger partial charge in [-0.2, -0.15) is 0 Å². The van der Waals surface area contributed by atoms with E-state index in [1.54, 1.807) is 0 Å². The molecule has 0 aliphatic carbocycles. The molecule has 1 unspecified atom stereocenters. The van der Waals surface area contributed by atoms with Crippen LogP contribution in [0.2, 0.25) is 0 Å². The van der Waals surface area contributed by atoms with Crippen molar-refractivity contribution < 1.29 is 0 Å². The number of hydrogen-bond acceptors (Lipinski definition) is 3. The first-order valence-electron chi connectivity index (χ1n) is 6.55. The third-order valence-corrected chi connectivity index (χ3v) is 4.46. The first-order chi connectivity index (χ1) is 9.25. The van der Waals surface area contributed by atoms with E-state index in [0.717, 1.165) is 22.5 Å². The molecule has 98 valence electrons. The topological polar surface area (TPSA) is 29.0 Å². The summed E-state index contributed by atoms with van der Waals surface area (Å²) in [6, 6.07) is 8.73. The summed E-state index contributed by atoms with van der Waals surface area (Å²) in [4.78, 5) is 11.3. The summed E-state index contributed by atoms with van der Waals surface area (Å²) in [6.45, 7) is 3.09. The molecular weight excluding hydrogens is 302 g/mol. The van der Waals surface area contributed by atoms with E-state index in [0.29, 0.717) is 6.04 Å². The van der Waals surface area contributed by atoms with Gasteiger partial charge in [0, 0.05) is 23.4 Å². The van der Waals surface area contributed by atoms with E-state index in [1.807, 2.05) is 25.4 Å². The molecule has 1 fully saturated rings. The molecule has 0 radical (unpaired) electrons. The summed E-state index contributed by atoms with van der Waals surface area (Å²) in [7, 11) is 0. The van der Waals surface area contributed by atoms with Crippen molar-refractivity contribution in [2.45, 2.75) is 25.8 Å². The van der Waals surface area contributed by atoms with Gasteiger partial charge in [-0.3, -0.25) is 4.98 Å². The highest BCUT2D eigenvalue weighted by molar-refractivity contribution is 9.10. The predicted molar refractivity (Wildman–Crippen MR) is 80.2 cm³/mol. The van der Waals surface area contributed by atoms with Crippen molar-refractivity contribution in [3.63, 3.8) is 0 Å². The first-order valence-corrected chi connectivity index (χ1v) is 7.35. The summed E-state index contributed by atoms with van der Waals surface area (Å²) >= 11 is 3.51. The minimum absolute atomic E-state index is 0.404. The fraction of sp³-hybridized carbons (Fsp3) is 0.333. The number of halogens is 1. The standard InChI is InChI=1S/C15H16BrN3/c1-11-13(16)6-7-15(18-11)19-9-3-5-14(19)12-4-2-8-17-10-12/h2,4,6-8,10,14H,3,5,9H2,1H3. The van der Waals surface area contributed by atoms with Crippen molar-refractivity contribution in [2.24, 2.45) is 0 Å². The van der Waals surface area contributed by atoms with Crippen molar-refractivity contribution >= 4 is 21.7 Å². The Morgan fingerprint density at radius 1 is 1.32 bits per heavy atom. The molecule has 2 aromatic rings. The molecule has 3 heterocycles. The summed E-state index contributed by atoms with van der Waals surface area (Å²) in [5.41, 5.74) is 2.32. The second-order valence-corrected chi connectivity index (χ2v) is 5.73. The van der Waals surface area contributed by atoms with Crippen LogP contribution in [0.4, 0.5) is 5.82 Å². The Morgan fingerprint density at radius 3 is 2.95 bits per heavy atom. The van der Waals surface area contributed by atoms with Gasteiger partial charge in [-0.1, -0.05) is 6.07 Å². The summed E-state index contributed by atoms with van der Waals surface area (Å²) in [5.74, 6) is 1.06. The maximum Gasteiger partial charge on any atom is 0.129 e. The molecule has 0 saturated carbocycles. The monoisotopic (exact) mass is 317 g/mol. The van der Waals surface area contributed by atoms with E-state index in [1.165, 1.54) is 18.4 Å². The first kappa shape index (κ1) is 12.6. The minimum Gasteiger partial charge on any atom is -0.350 e. The molecular formula is C15H16BrN3. The van der Waals surface area contributed by atoms with Crippen LogP contribution in [0.5, 0.6) is 0 Å². The number of pyridine rings is 2. The van der Waals surface area contributed by atoms with Crippen molar-refractivity contribution in [1.29, 1.82) is 0 Å². The van der Waals surface area contributed by atoms with Gasteiger partial charge in [0.15, 0.2) is 0 Å². The van der Waals surface area contributed by atoms with Crippen LogP contribution in [-0.2, 0) is 0 Å². The molecule has 3 rings (SSSR count). The summed E-state index contributed by atoms with van der Waals surface area (Å²) < 4.78 is 1.06. The Labute approximate surface area is 121 Å². The van der Waals surface area contributed by atoms with Crippen LogP contribution in [-0.4, -0.2) is 16.5 Å². The SMILES string of the molecule is Cc1nc(N2CCCC2c2cccnc2)ccc1Br. The zero-order valence-electron chi connectivity index (χ0n) is 10.9. The van der Waals surface area contributed by atoms with Crippen LogP contribution in [0.15, 0.2) is 41.1 Å². The van der Waals surface area contributed by atoms with Crippen LogP contribution in [0.3, 0.4) is 0 Å². The van der Waals surface area contributed by atoms with Gasteiger partial charge in [-0.05, 0) is 59.5 Å². The van der Waals surface area contributed by atoms with Crippen molar-refractivity contribution in [1.82, 2.24) is 9.97 Å². The van der Waals surface area contributed by atoms with E-state index < -0.39 is 0 Å². The maximum absolute atomic E-state index is 4.69. The van der Waals surface area contributed by atoms with Crippen molar-refractivity contribution in [3.05, 3.63) is 52.4 Å². The van der Waals surface area contributed by atoms with Gasteiger partial charge >= 0.3 is 0 Å². The molecule has 4 heteroatoms. The second-order valence-electron chi connectivity index (χ2n) is 4.87. The smallest absolute Gasteiger partial charge is 0.129 e. The lowest BCUT2D eigenvalue weighted by atomic mass is 10.1. The Kier molecular flexibility index (Phi) is 3.51. The van der Waals surface area contributed by atoms with Gasteiger partial charge in [0.1, 0.15) is 5.82 Å². The zero-order valence-corrected chi connectivity index (χ0v) is 12.5. The Balaban J connectivity index is 1.93. The molecule has 0 spiro atoms. The molecule has 19 heavy (non-hydrogen) atoms. The molecule has 1 aliphatic heterocycles. The molecule has 0 amide bonds. The van der Waals surface area contributed by atoms with E-state index in [9.17, 15) is 0 Å². The third kappa shape index (κ3) is 2.50. The number of hydrogen-bond donors (Lipinski definition) is 0. The molecule has 1 saturated heterocycles. The molecule has 3 nitrogen and oxygen atoms in total. The van der Waals surface area contributed by atoms with Gasteiger partial charge < -0.3 is 4.90 Å². The predicted octanol–water partition coefficient (Wildman–Crippen LogP) is 3.89. The van der Waals surface area contributed by atoms with Gasteiger partial charge in [0.2, 0.25) is 0 Å². The number of aryl methyl sites for hydroxylation is 1. The quantitative estimate of drug-likeness (QED) is 0.841. The lowest BCUT2D eigenvalue weighted by molar-refractivity contribution is 0.707. The molecule has 1 aliphatic rings. The van der Waals surface area contributed by atoms with Crippen LogP contribution in [0, 0.1) is 6.92 Å². The highest BCUT2D eigenvalue weighted by Gasteiger charge is 2.27. The lowest BCUT2D eigenvalue weighted by Gasteiger charge is -2.26. The van der Waals surface area contributed by atoms with Crippen LogP contribution in [0.1, 0.15) is 30.1 Å². The maximum atomic E-state index is 4.69. The van der Waals surface area contributed by atoms with Gasteiger partial charge in [-0.25, -0.2) is 4.98 Å². The highest BCUT2D eigenvalue weighted by atomic mass is 79.9. The Morgan fingerprint density at radius 2 is 2.21 bits per heavy atom. The van der Waals surface area contributed by atoms with E-state index in [4.69, 9.17) is 0 Å². The molecule has 0 aromatic carbocycles. The second kappa shape index (κ2) is 5.29. The van der Waals surface area contributed by atoms with Gasteiger partial charge in [0.25, 0.3) is 0 Å². The molecule has 0 bridgehead atoms. The van der Waals surface area contributed by atoms with Crippen LogP contribution >= 0.6 is 15.9 Å². The largest absolute Gasteiger partial charge is 0.350 e. The van der Waals surface area contributed by atoms with Gasteiger partial charge in [-0.15, -0.1) is 0 Å². The average molecular weight is 318 g/mol. The summed E-state index contributed by atoms with van der Waals surface area (Å²) in [5, 5.41) is 0. The Bertz CT molecular complexity index is 571. The van der Waals surface area contributed by atoms with E-state index >= 15 is 0 Å². The molecule has 2 aromatic heterocycles. The molecule has 1 atom stereocenters. The fourth-order valence-corrected chi connectivity index (χ4v) is 2.87. The van der Waals surface area contributed by atoms with Crippen molar-refractivity contribution in [3.8, 4) is 0 Å². The van der Waals surface area contributed by atoms with E-state index in [-0.39, 0.29) is 0 Å². The Hall–Kier alpha value is -1.42. The van der Waals surface area contributed by atoms with Gasteiger partial charge in [0.05, 0.1) is 11.7 Å². The average Bonchev–Trinajstić information content (AvgIpc) is 2.92. The van der Waals surface area contributed by atoms with Crippen LogP contribution < -0.4 is 4.90 Å². The zero-order chi connectivity index (χ0) is 13.2. The fourth-order valence-electron chi connectivity index (χ4n) is 2.65. The lowest BCUT2D eigenvalue weighted by Crippen LogP contribution is -2.23. The van der Waals surface area contributed by atoms with Crippen LogP contribution in [0.25, 0.3) is 0 Å². The normalized spacial score (nSPS) is 18.8. The minimum atomic E-state index is 0.404. The molecule has 0 N–H and O–H groups in total. The van der Waals surface area contributed by atoms with Crippen molar-refractivity contribution in [2.75, 3.05) is 11.4 Å². The summed E-state index contributed by atoms with van der Waals surface area (Å²) in [6.07, 6.45) is 6.17. The highest BCUT2D eigenvalue weighted by Crippen LogP contribution is 2.35.